The van der Waals surface area contributed by atoms with Crippen molar-refractivity contribution < 1.29 is 9.59 Å². The highest BCUT2D eigenvalue weighted by molar-refractivity contribution is 6.31. The summed E-state index contributed by atoms with van der Waals surface area (Å²) in [6.45, 7) is 3.71. The number of carbonyl (C=O) groups excluding carboxylic acids is 2. The molecule has 26 heavy (non-hydrogen) atoms. The predicted molar refractivity (Wildman–Crippen MR) is 102 cm³/mol. The van der Waals surface area contributed by atoms with Gasteiger partial charge in [-0.3, -0.25) is 9.59 Å². The lowest BCUT2D eigenvalue weighted by molar-refractivity contribution is -0.136. The minimum absolute atomic E-state index is 0.0133. The van der Waals surface area contributed by atoms with E-state index in [1.807, 2.05) is 36.1 Å². The Balaban J connectivity index is 1.48. The first-order valence-corrected chi connectivity index (χ1v) is 9.33. The van der Waals surface area contributed by atoms with Crippen molar-refractivity contribution in [3.8, 4) is 0 Å². The molecule has 0 N–H and O–H groups in total. The smallest absolute Gasteiger partial charge is 0.228 e. The minimum atomic E-state index is -0.284. The summed E-state index contributed by atoms with van der Waals surface area (Å²) in [6, 6.07) is 13.9. The zero-order chi connectivity index (χ0) is 18.3. The minimum Gasteiger partial charge on any atom is -0.338 e. The van der Waals surface area contributed by atoms with Crippen molar-refractivity contribution in [3.63, 3.8) is 0 Å². The van der Waals surface area contributed by atoms with E-state index in [1.54, 1.807) is 11.0 Å². The van der Waals surface area contributed by atoms with Crippen LogP contribution in [0.1, 0.15) is 23.1 Å². The van der Waals surface area contributed by atoms with Crippen LogP contribution in [-0.2, 0) is 22.6 Å². The van der Waals surface area contributed by atoms with Crippen LogP contribution >= 0.6 is 11.6 Å². The normalized spacial score (nSPS) is 19.6. The van der Waals surface area contributed by atoms with Crippen LogP contribution in [0, 0.1) is 12.8 Å². The third-order valence-electron chi connectivity index (χ3n) is 5.38. The molecule has 2 aromatic carbocycles. The second kappa shape index (κ2) is 6.76. The summed E-state index contributed by atoms with van der Waals surface area (Å²) < 4.78 is 0. The van der Waals surface area contributed by atoms with Gasteiger partial charge in [0.2, 0.25) is 11.8 Å². The second-order valence-electron chi connectivity index (χ2n) is 7.12. The van der Waals surface area contributed by atoms with Crippen LogP contribution in [0.2, 0.25) is 5.02 Å². The van der Waals surface area contributed by atoms with Crippen LogP contribution in [0.5, 0.6) is 0 Å². The van der Waals surface area contributed by atoms with Crippen molar-refractivity contribution in [1.29, 1.82) is 0 Å². The molecule has 2 aliphatic heterocycles. The van der Waals surface area contributed by atoms with E-state index in [1.165, 1.54) is 11.1 Å². The molecule has 2 aromatic rings. The number of fused-ring (bicyclic) bond motifs is 1. The topological polar surface area (TPSA) is 40.6 Å². The number of hydrogen-bond acceptors (Lipinski definition) is 2. The molecule has 1 fully saturated rings. The first-order valence-electron chi connectivity index (χ1n) is 8.95. The SMILES string of the molecule is Cc1ccc(N2C[C@@H](C(=O)N3CCc4ccccc4C3)CC2=O)cc1Cl. The molecule has 2 heterocycles. The highest BCUT2D eigenvalue weighted by atomic mass is 35.5. The molecule has 4 rings (SSSR count). The summed E-state index contributed by atoms with van der Waals surface area (Å²) in [6.07, 6.45) is 1.14. The Bertz CT molecular complexity index is 880. The van der Waals surface area contributed by atoms with E-state index in [-0.39, 0.29) is 24.2 Å². The lowest BCUT2D eigenvalue weighted by atomic mass is 9.98. The van der Waals surface area contributed by atoms with Crippen LogP contribution in [-0.4, -0.2) is 29.8 Å². The molecule has 0 aliphatic carbocycles. The zero-order valence-corrected chi connectivity index (χ0v) is 15.5. The van der Waals surface area contributed by atoms with Crippen LogP contribution in [0.4, 0.5) is 5.69 Å². The second-order valence-corrected chi connectivity index (χ2v) is 7.52. The van der Waals surface area contributed by atoms with E-state index in [2.05, 4.69) is 12.1 Å². The number of nitrogens with zero attached hydrogens (tertiary/aromatic N) is 2. The third-order valence-corrected chi connectivity index (χ3v) is 5.79. The molecule has 0 spiro atoms. The quantitative estimate of drug-likeness (QED) is 0.812. The van der Waals surface area contributed by atoms with Gasteiger partial charge < -0.3 is 9.80 Å². The summed E-state index contributed by atoms with van der Waals surface area (Å²) in [5.41, 5.74) is 4.26. The number of halogens is 1. The number of hydrogen-bond donors (Lipinski definition) is 0. The van der Waals surface area contributed by atoms with Gasteiger partial charge in [0.25, 0.3) is 0 Å². The van der Waals surface area contributed by atoms with E-state index < -0.39 is 0 Å². The monoisotopic (exact) mass is 368 g/mol. The fourth-order valence-electron chi connectivity index (χ4n) is 3.81. The van der Waals surface area contributed by atoms with Gasteiger partial charge in [-0.1, -0.05) is 41.9 Å². The fourth-order valence-corrected chi connectivity index (χ4v) is 3.99. The number of anilines is 1. The first kappa shape index (κ1) is 17.1. The van der Waals surface area contributed by atoms with Crippen molar-refractivity contribution in [1.82, 2.24) is 4.90 Å². The molecule has 1 saturated heterocycles. The van der Waals surface area contributed by atoms with E-state index in [0.29, 0.717) is 18.1 Å². The summed E-state index contributed by atoms with van der Waals surface area (Å²) >= 11 is 6.20. The third kappa shape index (κ3) is 3.10. The number of amides is 2. The number of rotatable bonds is 2. The fraction of sp³-hybridized carbons (Fsp3) is 0.333. The Morgan fingerprint density at radius 3 is 2.69 bits per heavy atom. The summed E-state index contributed by atoms with van der Waals surface area (Å²) in [5.74, 6) is -0.220. The number of benzene rings is 2. The Hall–Kier alpha value is -2.33. The lowest BCUT2D eigenvalue weighted by Crippen LogP contribution is -2.40. The average Bonchev–Trinajstić information content (AvgIpc) is 3.04. The molecule has 2 amide bonds. The molecular weight excluding hydrogens is 348 g/mol. The van der Waals surface area contributed by atoms with Gasteiger partial charge in [0, 0.05) is 36.8 Å². The highest BCUT2D eigenvalue weighted by Gasteiger charge is 2.38. The number of aryl methyl sites for hydroxylation is 1. The van der Waals surface area contributed by atoms with Gasteiger partial charge in [0.05, 0.1) is 5.92 Å². The standard InChI is InChI=1S/C21H21ClN2O2/c1-14-6-7-18(11-19(14)22)24-13-17(10-20(24)25)21(26)23-9-8-15-4-2-3-5-16(15)12-23/h2-7,11,17H,8-10,12-13H2,1H3/t17-/m0/s1. The van der Waals surface area contributed by atoms with Crippen LogP contribution in [0.25, 0.3) is 0 Å². The average molecular weight is 369 g/mol. The zero-order valence-electron chi connectivity index (χ0n) is 14.7. The van der Waals surface area contributed by atoms with Crippen molar-refractivity contribution >= 4 is 29.1 Å². The molecule has 1 atom stereocenters. The van der Waals surface area contributed by atoms with Crippen LogP contribution < -0.4 is 4.90 Å². The van der Waals surface area contributed by atoms with Gasteiger partial charge in [-0.2, -0.15) is 0 Å². The van der Waals surface area contributed by atoms with Gasteiger partial charge in [0.15, 0.2) is 0 Å². The van der Waals surface area contributed by atoms with Gasteiger partial charge >= 0.3 is 0 Å². The maximum Gasteiger partial charge on any atom is 0.228 e. The molecule has 2 aliphatic rings. The van der Waals surface area contributed by atoms with E-state index in [0.717, 1.165) is 24.2 Å². The largest absolute Gasteiger partial charge is 0.338 e. The molecule has 134 valence electrons. The van der Waals surface area contributed by atoms with E-state index in [4.69, 9.17) is 11.6 Å². The Labute approximate surface area is 158 Å². The molecule has 5 heteroatoms. The molecule has 0 saturated carbocycles. The molecular formula is C21H21ClN2O2. The van der Waals surface area contributed by atoms with Crippen molar-refractivity contribution in [2.45, 2.75) is 26.3 Å². The Morgan fingerprint density at radius 1 is 1.15 bits per heavy atom. The molecule has 0 radical (unpaired) electrons. The maximum atomic E-state index is 13.0. The van der Waals surface area contributed by atoms with Crippen LogP contribution in [0.3, 0.4) is 0 Å². The van der Waals surface area contributed by atoms with Crippen molar-refractivity contribution in [2.24, 2.45) is 5.92 Å². The first-order chi connectivity index (χ1) is 12.5. The van der Waals surface area contributed by atoms with E-state index >= 15 is 0 Å². The Kier molecular flexibility index (Phi) is 4.45. The summed E-state index contributed by atoms with van der Waals surface area (Å²) in [7, 11) is 0. The molecule has 4 nitrogen and oxygen atoms in total. The molecule has 0 unspecified atom stereocenters. The summed E-state index contributed by atoms with van der Waals surface area (Å²) in [4.78, 5) is 29.0. The highest BCUT2D eigenvalue weighted by Crippen LogP contribution is 2.30. The van der Waals surface area contributed by atoms with Gasteiger partial charge in [-0.25, -0.2) is 0 Å². The molecule has 0 bridgehead atoms. The van der Waals surface area contributed by atoms with Gasteiger partial charge in [-0.05, 0) is 42.2 Å². The predicted octanol–water partition coefficient (Wildman–Crippen LogP) is 3.59. The Morgan fingerprint density at radius 2 is 1.92 bits per heavy atom. The van der Waals surface area contributed by atoms with Gasteiger partial charge in [-0.15, -0.1) is 0 Å². The van der Waals surface area contributed by atoms with Crippen molar-refractivity contribution in [3.05, 3.63) is 64.2 Å². The number of carbonyl (C=O) groups is 2. The van der Waals surface area contributed by atoms with E-state index in [9.17, 15) is 9.59 Å². The van der Waals surface area contributed by atoms with Gasteiger partial charge in [0.1, 0.15) is 0 Å². The molecule has 0 aromatic heterocycles. The maximum absolute atomic E-state index is 13.0. The lowest BCUT2D eigenvalue weighted by Gasteiger charge is -2.30. The summed E-state index contributed by atoms with van der Waals surface area (Å²) in [5, 5.41) is 0.637. The van der Waals surface area contributed by atoms with Crippen LogP contribution in [0.15, 0.2) is 42.5 Å². The van der Waals surface area contributed by atoms with Crippen molar-refractivity contribution in [2.75, 3.05) is 18.0 Å².